The summed E-state index contributed by atoms with van der Waals surface area (Å²) in [5.41, 5.74) is -0.136. The molecule has 5 atom stereocenters. The number of ketones is 1. The predicted octanol–water partition coefficient (Wildman–Crippen LogP) is 3.84. The number of aliphatic hydroxyl groups excluding tert-OH is 2. The monoisotopic (exact) mass is 394 g/mol. The molecule has 132 valence electrons. The topological polar surface area (TPSA) is 57.5 Å². The van der Waals surface area contributed by atoms with Crippen molar-refractivity contribution in [2.45, 2.75) is 65.6 Å². The van der Waals surface area contributed by atoms with Crippen molar-refractivity contribution < 1.29 is 15.0 Å². The molecular weight excluding hydrogens is 368 g/mol. The number of rotatable bonds is 3. The van der Waals surface area contributed by atoms with Crippen LogP contribution in [0.3, 0.4) is 0 Å². The van der Waals surface area contributed by atoms with Crippen LogP contribution in [-0.2, 0) is 11.2 Å². The molecule has 2 saturated carbocycles. The third-order valence-corrected chi connectivity index (χ3v) is 7.46. The van der Waals surface area contributed by atoms with Gasteiger partial charge in [0.15, 0.2) is 5.78 Å². The first kappa shape index (κ1) is 18.1. The number of benzene rings is 1. The number of aryl methyl sites for hydroxylation is 1. The molecule has 2 aliphatic carbocycles. The standard InChI is InChI=1S/C20H27BrO3/c1-6-11-10-12(21)8-9-13(11)14-15(22)20(14)17(24)19(5,7-2)16(23)18(20,3)4/h8-10,14-16,22-23H,6-7H2,1-5H3. The van der Waals surface area contributed by atoms with E-state index in [2.05, 4.69) is 28.9 Å². The number of hydrogen-bond acceptors (Lipinski definition) is 3. The molecule has 4 heteroatoms. The molecular formula is C20H27BrO3. The van der Waals surface area contributed by atoms with Gasteiger partial charge in [0.05, 0.1) is 23.0 Å². The van der Waals surface area contributed by atoms with E-state index in [4.69, 9.17) is 0 Å². The molecule has 2 fully saturated rings. The first-order chi connectivity index (χ1) is 11.1. The SMILES string of the molecule is CCc1cc(Br)ccc1C1C(O)C12C(=O)C(C)(CC)C(O)C2(C)C. The molecule has 0 aromatic heterocycles. The van der Waals surface area contributed by atoms with E-state index in [-0.39, 0.29) is 11.7 Å². The minimum Gasteiger partial charge on any atom is -0.391 e. The largest absolute Gasteiger partial charge is 0.391 e. The van der Waals surface area contributed by atoms with E-state index in [9.17, 15) is 15.0 Å². The van der Waals surface area contributed by atoms with Gasteiger partial charge in [-0.3, -0.25) is 4.79 Å². The van der Waals surface area contributed by atoms with Gasteiger partial charge in [0.25, 0.3) is 0 Å². The molecule has 0 aliphatic heterocycles. The van der Waals surface area contributed by atoms with E-state index in [1.54, 1.807) is 0 Å². The van der Waals surface area contributed by atoms with Crippen LogP contribution in [0.1, 0.15) is 58.1 Å². The highest BCUT2D eigenvalue weighted by Crippen LogP contribution is 2.76. The summed E-state index contributed by atoms with van der Waals surface area (Å²) in [4.78, 5) is 13.4. The maximum Gasteiger partial charge on any atom is 0.151 e. The lowest BCUT2D eigenvalue weighted by Crippen LogP contribution is -2.38. The summed E-state index contributed by atoms with van der Waals surface area (Å²) in [5, 5.41) is 21.9. The smallest absolute Gasteiger partial charge is 0.151 e. The number of halogens is 1. The zero-order valence-corrected chi connectivity index (χ0v) is 16.6. The lowest BCUT2D eigenvalue weighted by atomic mass is 9.73. The van der Waals surface area contributed by atoms with Gasteiger partial charge >= 0.3 is 0 Å². The first-order valence-corrected chi connectivity index (χ1v) is 9.59. The molecule has 0 radical (unpaired) electrons. The molecule has 1 spiro atoms. The van der Waals surface area contributed by atoms with Gasteiger partial charge in [-0.2, -0.15) is 0 Å². The summed E-state index contributed by atoms with van der Waals surface area (Å²) in [6.45, 7) is 9.74. The molecule has 0 heterocycles. The molecule has 2 aliphatic rings. The van der Waals surface area contributed by atoms with Crippen molar-refractivity contribution >= 4 is 21.7 Å². The summed E-state index contributed by atoms with van der Waals surface area (Å²) in [6, 6.07) is 6.05. The van der Waals surface area contributed by atoms with Crippen LogP contribution in [0.5, 0.6) is 0 Å². The van der Waals surface area contributed by atoms with E-state index in [1.165, 1.54) is 0 Å². The number of aliphatic hydroxyl groups is 2. The van der Waals surface area contributed by atoms with Gasteiger partial charge in [-0.1, -0.05) is 56.6 Å². The van der Waals surface area contributed by atoms with Crippen LogP contribution in [0.25, 0.3) is 0 Å². The van der Waals surface area contributed by atoms with Crippen LogP contribution >= 0.6 is 15.9 Å². The second-order valence-corrected chi connectivity index (χ2v) is 9.13. The van der Waals surface area contributed by atoms with Gasteiger partial charge in [-0.05, 0) is 36.1 Å². The van der Waals surface area contributed by atoms with Crippen LogP contribution in [0, 0.1) is 16.2 Å². The Kier molecular flexibility index (Phi) is 4.06. The van der Waals surface area contributed by atoms with E-state index >= 15 is 0 Å². The zero-order valence-electron chi connectivity index (χ0n) is 15.1. The fourth-order valence-electron chi connectivity index (χ4n) is 5.29. The molecule has 1 aromatic rings. The Bertz CT molecular complexity index is 698. The third-order valence-electron chi connectivity index (χ3n) is 6.97. The van der Waals surface area contributed by atoms with E-state index in [0.717, 1.165) is 22.0 Å². The van der Waals surface area contributed by atoms with Gasteiger partial charge in [0.2, 0.25) is 0 Å². The molecule has 0 amide bonds. The minimum atomic E-state index is -0.880. The van der Waals surface area contributed by atoms with Crippen molar-refractivity contribution in [1.29, 1.82) is 0 Å². The van der Waals surface area contributed by atoms with E-state index in [0.29, 0.717) is 6.42 Å². The van der Waals surface area contributed by atoms with E-state index in [1.807, 2.05) is 39.8 Å². The van der Waals surface area contributed by atoms with Crippen LogP contribution in [0.15, 0.2) is 22.7 Å². The van der Waals surface area contributed by atoms with Gasteiger partial charge < -0.3 is 10.2 Å². The maximum atomic E-state index is 13.4. The van der Waals surface area contributed by atoms with E-state index < -0.39 is 28.5 Å². The Morgan fingerprint density at radius 2 is 1.79 bits per heavy atom. The Labute approximate surface area is 152 Å². The van der Waals surface area contributed by atoms with Gasteiger partial charge in [0, 0.05) is 15.8 Å². The Balaban J connectivity index is 2.15. The predicted molar refractivity (Wildman–Crippen MR) is 97.9 cm³/mol. The van der Waals surface area contributed by atoms with Gasteiger partial charge in [0.1, 0.15) is 0 Å². The average molecular weight is 395 g/mol. The third kappa shape index (κ3) is 1.88. The van der Waals surface area contributed by atoms with Crippen molar-refractivity contribution in [3.8, 4) is 0 Å². The zero-order chi connectivity index (χ0) is 18.1. The Morgan fingerprint density at radius 1 is 1.17 bits per heavy atom. The fourth-order valence-corrected chi connectivity index (χ4v) is 5.70. The molecule has 3 nitrogen and oxygen atoms in total. The lowest BCUT2D eigenvalue weighted by molar-refractivity contribution is -0.132. The molecule has 3 rings (SSSR count). The number of hydrogen-bond donors (Lipinski definition) is 2. The van der Waals surface area contributed by atoms with Crippen molar-refractivity contribution in [1.82, 2.24) is 0 Å². The Morgan fingerprint density at radius 3 is 2.29 bits per heavy atom. The second-order valence-electron chi connectivity index (χ2n) is 8.21. The summed E-state index contributed by atoms with van der Waals surface area (Å²) in [6.07, 6.45) is -0.0494. The highest BCUT2D eigenvalue weighted by molar-refractivity contribution is 9.10. The van der Waals surface area contributed by atoms with Crippen molar-refractivity contribution in [2.24, 2.45) is 16.2 Å². The maximum absolute atomic E-state index is 13.4. The number of Topliss-reactive ketones (excluding diaryl/α,β-unsaturated/α-hetero) is 1. The summed E-state index contributed by atoms with van der Waals surface area (Å²) < 4.78 is 1.00. The quantitative estimate of drug-likeness (QED) is 0.818. The van der Waals surface area contributed by atoms with Gasteiger partial charge in [-0.25, -0.2) is 0 Å². The van der Waals surface area contributed by atoms with Crippen LogP contribution in [-0.4, -0.2) is 28.2 Å². The molecule has 5 unspecified atom stereocenters. The fraction of sp³-hybridized carbons (Fsp3) is 0.650. The average Bonchev–Trinajstić information content (AvgIpc) is 3.16. The van der Waals surface area contributed by atoms with Crippen LogP contribution < -0.4 is 0 Å². The Hall–Kier alpha value is -0.710. The second kappa shape index (κ2) is 5.39. The number of carbonyl (C=O) groups is 1. The summed E-state index contributed by atoms with van der Waals surface area (Å²) >= 11 is 3.50. The molecule has 1 aromatic carbocycles. The summed E-state index contributed by atoms with van der Waals surface area (Å²) in [5.74, 6) is -0.205. The van der Waals surface area contributed by atoms with Crippen LogP contribution in [0.4, 0.5) is 0 Å². The highest BCUT2D eigenvalue weighted by Gasteiger charge is 2.84. The summed E-state index contributed by atoms with van der Waals surface area (Å²) in [7, 11) is 0. The van der Waals surface area contributed by atoms with Crippen molar-refractivity contribution in [3.63, 3.8) is 0 Å². The first-order valence-electron chi connectivity index (χ1n) is 8.80. The molecule has 2 N–H and O–H groups in total. The lowest BCUT2D eigenvalue weighted by Gasteiger charge is -2.33. The van der Waals surface area contributed by atoms with Crippen molar-refractivity contribution in [2.75, 3.05) is 0 Å². The van der Waals surface area contributed by atoms with Gasteiger partial charge in [-0.15, -0.1) is 0 Å². The highest BCUT2D eigenvalue weighted by atomic mass is 79.9. The van der Waals surface area contributed by atoms with Crippen LogP contribution in [0.2, 0.25) is 0 Å². The van der Waals surface area contributed by atoms with Crippen molar-refractivity contribution in [3.05, 3.63) is 33.8 Å². The molecule has 24 heavy (non-hydrogen) atoms. The number of carbonyl (C=O) groups excluding carboxylic acids is 1. The molecule has 0 bridgehead atoms. The normalized spacial score (nSPS) is 40.3. The minimum absolute atomic E-state index is 0.0254. The molecule has 0 saturated heterocycles.